The number of carboxylic acids is 1. The Labute approximate surface area is 611 Å². The first-order valence-corrected chi connectivity index (χ1v) is 35.8. The molecule has 0 saturated heterocycles. The van der Waals surface area contributed by atoms with Crippen molar-refractivity contribution in [1.82, 2.24) is 59.5 Å². The van der Waals surface area contributed by atoms with Crippen molar-refractivity contribution in [1.29, 1.82) is 0 Å². The summed E-state index contributed by atoms with van der Waals surface area (Å²) in [7, 11) is 0. The molecular formula is C80H81ClN12O12. The summed E-state index contributed by atoms with van der Waals surface area (Å²) in [5.74, 6) is -0.295. The van der Waals surface area contributed by atoms with Crippen LogP contribution in [0.25, 0.3) is 67.1 Å². The fourth-order valence-corrected chi connectivity index (χ4v) is 13.0. The Morgan fingerprint density at radius 3 is 1.29 bits per heavy atom. The molecule has 24 nitrogen and oxygen atoms in total. The number of ether oxygens (including phenoxy) is 7. The number of carbonyl (C=O) groups excluding carboxylic acids is 3. The Balaban J connectivity index is 0.000000172. The van der Waals surface area contributed by atoms with Crippen LogP contribution in [0.15, 0.2) is 194 Å². The maximum Gasteiger partial charge on any atom is 0.511 e. The van der Waals surface area contributed by atoms with Gasteiger partial charge in [0.15, 0.2) is 17.2 Å². The van der Waals surface area contributed by atoms with E-state index in [-0.39, 0.29) is 23.3 Å². The van der Waals surface area contributed by atoms with Gasteiger partial charge in [-0.25, -0.2) is 28.5 Å². The van der Waals surface area contributed by atoms with Crippen molar-refractivity contribution in [2.24, 2.45) is 0 Å². The molecule has 4 aromatic heterocycles. The van der Waals surface area contributed by atoms with Gasteiger partial charge in [-0.1, -0.05) is 194 Å². The molecule has 0 radical (unpaired) electrons. The zero-order valence-electron chi connectivity index (χ0n) is 58.8. The van der Waals surface area contributed by atoms with Crippen molar-refractivity contribution in [2.75, 3.05) is 13.2 Å². The second kappa shape index (κ2) is 35.4. The number of aromatic nitrogens is 12. The molecule has 2 saturated carbocycles. The summed E-state index contributed by atoms with van der Waals surface area (Å²) in [5, 5.41) is 35.0. The molecule has 2 aliphatic rings. The van der Waals surface area contributed by atoms with Crippen LogP contribution >= 0.6 is 11.6 Å². The van der Waals surface area contributed by atoms with Crippen LogP contribution in [0, 0.1) is 0 Å². The maximum absolute atomic E-state index is 13.5. The number of imidazole rings is 2. The van der Waals surface area contributed by atoms with Gasteiger partial charge in [-0.15, -0.1) is 10.2 Å². The lowest BCUT2D eigenvalue weighted by Gasteiger charge is -2.22. The number of para-hydroxylation sites is 2. The largest absolute Gasteiger partial charge is 0.511 e. The minimum Gasteiger partial charge on any atom is -0.478 e. The predicted molar refractivity (Wildman–Crippen MR) is 395 cm³/mol. The molecule has 25 heteroatoms. The highest BCUT2D eigenvalue weighted by molar-refractivity contribution is 6.19. The van der Waals surface area contributed by atoms with E-state index < -0.39 is 36.1 Å². The summed E-state index contributed by atoms with van der Waals surface area (Å²) >= 11 is 5.47. The van der Waals surface area contributed by atoms with E-state index in [0.29, 0.717) is 85.1 Å². The van der Waals surface area contributed by atoms with Gasteiger partial charge in [-0.2, -0.15) is 9.97 Å². The summed E-state index contributed by atoms with van der Waals surface area (Å²) in [6.07, 6.45) is 7.42. The van der Waals surface area contributed by atoms with Crippen LogP contribution in [0.3, 0.4) is 0 Å². The third-order valence-electron chi connectivity index (χ3n) is 17.8. The SMILES string of the molecule is CC(Cl)OC(=O)OC1CCCCC1.CCOc1nc2cccc(C(=O)O)c2n1Cc1ccc(-c2ccccc2-c2nnnn2Cc2ccccc2)cc1.CCOc1nc2cccc(C(=O)OC(C)OC(=O)OC3CCCCC3)c2n1Cc1ccc(-c2ccccc2-c2nnnn2Cc2ccccc2)cc1. The van der Waals surface area contributed by atoms with Crippen molar-refractivity contribution in [3.63, 3.8) is 0 Å². The summed E-state index contributed by atoms with van der Waals surface area (Å²) in [6.45, 7) is 9.54. The first kappa shape index (κ1) is 73.0. The molecule has 12 aromatic rings. The molecule has 540 valence electrons. The maximum atomic E-state index is 13.5. The van der Waals surface area contributed by atoms with Crippen LogP contribution < -0.4 is 9.47 Å². The van der Waals surface area contributed by atoms with Crippen LogP contribution in [-0.4, -0.2) is 126 Å². The fraction of sp³-hybridized carbons (Fsp3) is 0.300. The highest BCUT2D eigenvalue weighted by atomic mass is 35.5. The summed E-state index contributed by atoms with van der Waals surface area (Å²) < 4.78 is 45.0. The summed E-state index contributed by atoms with van der Waals surface area (Å²) in [4.78, 5) is 58.1. The molecular weight excluding hydrogens is 1360 g/mol. The number of alkyl halides is 1. The van der Waals surface area contributed by atoms with Crippen molar-refractivity contribution in [2.45, 2.75) is 142 Å². The van der Waals surface area contributed by atoms with Gasteiger partial charge in [-0.3, -0.25) is 9.13 Å². The predicted octanol–water partition coefficient (Wildman–Crippen LogP) is 16.4. The monoisotopic (exact) mass is 1440 g/mol. The Kier molecular flexibility index (Phi) is 24.6. The topological polar surface area (TPSA) is 276 Å². The van der Waals surface area contributed by atoms with Crippen LogP contribution in [-0.2, 0) is 49.9 Å². The van der Waals surface area contributed by atoms with E-state index in [2.05, 4.69) is 94.3 Å². The van der Waals surface area contributed by atoms with Crippen molar-refractivity contribution in [3.05, 3.63) is 228 Å². The lowest BCUT2D eigenvalue weighted by Crippen LogP contribution is -2.26. The van der Waals surface area contributed by atoms with Gasteiger partial charge in [0, 0.05) is 18.1 Å². The molecule has 1 N–H and O–H groups in total. The number of aromatic carboxylic acids is 1. The minimum atomic E-state index is -1.15. The zero-order valence-corrected chi connectivity index (χ0v) is 59.5. The van der Waals surface area contributed by atoms with Crippen molar-refractivity contribution in [3.8, 4) is 57.1 Å². The summed E-state index contributed by atoms with van der Waals surface area (Å²) in [5.41, 5.74) is 12.1. The smallest absolute Gasteiger partial charge is 0.478 e. The third kappa shape index (κ3) is 18.7. The van der Waals surface area contributed by atoms with Gasteiger partial charge in [0.2, 0.25) is 6.29 Å². The van der Waals surface area contributed by atoms with E-state index in [9.17, 15) is 24.3 Å². The molecule has 2 unspecified atom stereocenters. The number of hydrogen-bond donors (Lipinski definition) is 1. The number of carbonyl (C=O) groups is 4. The lowest BCUT2D eigenvalue weighted by molar-refractivity contribution is -0.0914. The Bertz CT molecular complexity index is 4880. The Hall–Kier alpha value is -11.8. The normalized spacial score (nSPS) is 13.6. The van der Waals surface area contributed by atoms with Gasteiger partial charge in [0.1, 0.15) is 12.2 Å². The van der Waals surface area contributed by atoms with E-state index in [1.807, 2.05) is 143 Å². The van der Waals surface area contributed by atoms with Gasteiger partial charge >= 0.3 is 24.2 Å². The fourth-order valence-electron chi connectivity index (χ4n) is 13.0. The lowest BCUT2D eigenvalue weighted by atomic mass is 9.98. The van der Waals surface area contributed by atoms with E-state index in [1.165, 1.54) is 13.3 Å². The van der Waals surface area contributed by atoms with Crippen molar-refractivity contribution >= 4 is 57.9 Å². The highest BCUT2D eigenvalue weighted by Crippen LogP contribution is 2.36. The molecule has 2 aliphatic carbocycles. The van der Waals surface area contributed by atoms with E-state index in [1.54, 1.807) is 41.9 Å². The molecule has 0 aliphatic heterocycles. The number of hydrogen-bond acceptors (Lipinski definition) is 19. The molecule has 8 aromatic carbocycles. The summed E-state index contributed by atoms with van der Waals surface area (Å²) in [6, 6.07) is 63.7. The van der Waals surface area contributed by atoms with Crippen molar-refractivity contribution < 1.29 is 57.4 Å². The number of halogens is 1. The molecule has 2 fully saturated rings. The quantitative estimate of drug-likeness (QED) is 0.0270. The van der Waals surface area contributed by atoms with E-state index in [4.69, 9.17) is 40.0 Å². The molecule has 14 rings (SSSR count). The second-order valence-electron chi connectivity index (χ2n) is 25.3. The standard InChI is InChI=1S/C40H40N6O6.C31H26N6O3.C9H15ClO3/c1-3-49-39-41-35-20-12-19-34(38(47)50-27(2)51-40(48)52-31-15-8-5-9-16-31)36(35)45(39)25-29-21-23-30(24-22-29)32-17-10-11-18-33(32)37-42-43-44-46(37)26-28-13-6-4-7-14-28;1-2-40-31-32-27-14-8-13-26(30(38)39)28(27)36(31)19-22-15-17-23(18-16-22)24-11-6-7-12-25(24)29-33-34-35-37(29)20-21-9-4-3-5-10-21;1-7(10)12-9(11)13-8-5-3-2-4-6-8/h4,6-7,10-14,17-24,27,31H,3,5,8-9,15-16,25-26H2,1-2H3;3-18H,2,19-20H2,1H3,(H,38,39);7-8H,2-6H2,1H3. The number of esters is 1. The van der Waals surface area contributed by atoms with Gasteiger partial charge < -0.3 is 38.3 Å². The average Bonchev–Trinajstić information content (AvgIpc) is 1.65. The first-order chi connectivity index (χ1) is 51.3. The first-order valence-electron chi connectivity index (χ1n) is 35.3. The minimum absolute atomic E-state index is 0.0386. The number of benzene rings is 8. The van der Waals surface area contributed by atoms with E-state index in [0.717, 1.165) is 113 Å². The molecule has 0 bridgehead atoms. The number of carboxylic acid groups (broad SMARTS) is 1. The number of fused-ring (bicyclic) bond motifs is 2. The zero-order chi connectivity index (χ0) is 73.0. The average molecular weight is 1440 g/mol. The number of tetrazole rings is 2. The number of rotatable bonds is 23. The van der Waals surface area contributed by atoms with Crippen LogP contribution in [0.1, 0.15) is 135 Å². The molecule has 4 heterocycles. The van der Waals surface area contributed by atoms with Gasteiger partial charge in [0.05, 0.1) is 72.6 Å². The van der Waals surface area contributed by atoms with Gasteiger partial charge in [-0.05, 0) is 162 Å². The molecule has 2 atom stereocenters. The molecule has 0 amide bonds. The second-order valence-corrected chi connectivity index (χ2v) is 25.9. The Morgan fingerprint density at radius 2 is 0.857 bits per heavy atom. The van der Waals surface area contributed by atoms with E-state index >= 15 is 0 Å². The van der Waals surface area contributed by atoms with Crippen LogP contribution in [0.2, 0.25) is 0 Å². The third-order valence-corrected chi connectivity index (χ3v) is 17.9. The molecule has 0 spiro atoms. The number of nitrogens with zero attached hydrogens (tertiary/aromatic N) is 12. The van der Waals surface area contributed by atoms with Gasteiger partial charge in [0.25, 0.3) is 12.0 Å². The van der Waals surface area contributed by atoms with Crippen LogP contribution in [0.4, 0.5) is 9.59 Å². The molecule has 105 heavy (non-hydrogen) atoms. The van der Waals surface area contributed by atoms with Crippen LogP contribution in [0.5, 0.6) is 12.0 Å². The Morgan fingerprint density at radius 1 is 0.457 bits per heavy atom. The highest BCUT2D eigenvalue weighted by Gasteiger charge is 2.27.